The summed E-state index contributed by atoms with van der Waals surface area (Å²) in [6, 6.07) is 80.4. The second kappa shape index (κ2) is 12.8. The van der Waals surface area contributed by atoms with Gasteiger partial charge in [-0.2, -0.15) is 0 Å². The smallest absolute Gasteiger partial charge is 0.0541 e. The molecule has 1 aliphatic carbocycles. The molecule has 1 aliphatic rings. The first-order valence-electron chi connectivity index (χ1n) is 20.8. The van der Waals surface area contributed by atoms with E-state index in [2.05, 4.69) is 228 Å². The zero-order valence-corrected chi connectivity index (χ0v) is 32.7. The molecule has 60 heavy (non-hydrogen) atoms. The Morgan fingerprint density at radius 3 is 1.37 bits per heavy atom. The van der Waals surface area contributed by atoms with Gasteiger partial charge in [-0.1, -0.05) is 158 Å². The molecule has 0 saturated carbocycles. The van der Waals surface area contributed by atoms with Gasteiger partial charge < -0.3 is 9.13 Å². The molecular formula is C58H36N2. The lowest BCUT2D eigenvalue weighted by Gasteiger charge is -2.13. The molecular weight excluding hydrogens is 725 g/mol. The maximum atomic E-state index is 2.44. The van der Waals surface area contributed by atoms with E-state index in [4.69, 9.17) is 0 Å². The van der Waals surface area contributed by atoms with Gasteiger partial charge in [0, 0.05) is 32.9 Å². The third kappa shape index (κ3) is 4.82. The van der Waals surface area contributed by atoms with Gasteiger partial charge in [-0.05, 0) is 127 Å². The van der Waals surface area contributed by atoms with Crippen LogP contribution in [0.1, 0.15) is 0 Å². The molecule has 10 aromatic carbocycles. The quantitative estimate of drug-likeness (QED) is 0.165. The van der Waals surface area contributed by atoms with Gasteiger partial charge in [0.05, 0.1) is 22.1 Å². The van der Waals surface area contributed by atoms with Crippen LogP contribution < -0.4 is 0 Å². The van der Waals surface area contributed by atoms with E-state index in [1.165, 1.54) is 110 Å². The molecule has 2 aromatic heterocycles. The van der Waals surface area contributed by atoms with Gasteiger partial charge in [-0.3, -0.25) is 0 Å². The van der Waals surface area contributed by atoms with Gasteiger partial charge >= 0.3 is 0 Å². The van der Waals surface area contributed by atoms with Crippen molar-refractivity contribution < 1.29 is 0 Å². The molecule has 2 nitrogen and oxygen atoms in total. The van der Waals surface area contributed by atoms with E-state index >= 15 is 0 Å². The highest BCUT2D eigenvalue weighted by Crippen LogP contribution is 2.49. The van der Waals surface area contributed by atoms with E-state index in [0.717, 1.165) is 11.4 Å². The highest BCUT2D eigenvalue weighted by molar-refractivity contribution is 6.19. The topological polar surface area (TPSA) is 9.86 Å². The summed E-state index contributed by atoms with van der Waals surface area (Å²) in [5.41, 5.74) is 19.8. The van der Waals surface area contributed by atoms with Crippen LogP contribution in [0.4, 0.5) is 0 Å². The Kier molecular flexibility index (Phi) is 7.05. The normalized spacial score (nSPS) is 12.0. The summed E-state index contributed by atoms with van der Waals surface area (Å²) in [5.74, 6) is 0. The van der Waals surface area contributed by atoms with Crippen molar-refractivity contribution in [2.24, 2.45) is 0 Å². The first-order valence-corrected chi connectivity index (χ1v) is 20.8. The third-order valence-electron chi connectivity index (χ3n) is 12.9. The second-order valence-electron chi connectivity index (χ2n) is 16.1. The van der Waals surface area contributed by atoms with Crippen molar-refractivity contribution in [3.05, 3.63) is 218 Å². The van der Waals surface area contributed by atoms with Crippen molar-refractivity contribution >= 4 is 54.4 Å². The average molecular weight is 761 g/mol. The SMILES string of the molecule is c1ccc(-c2ccc(-n3c4ccccc4c4cc(-c5ccc6c(c5)c5ccccc5n6-c5cccc(-c6ccc7c8c(cccc68)-c6ccccc6-7)c5)ccc43)cc2)cc1. The number of rotatable bonds is 5. The van der Waals surface area contributed by atoms with Crippen LogP contribution in [0.25, 0.3) is 121 Å². The first-order chi connectivity index (χ1) is 29.8. The monoisotopic (exact) mass is 760 g/mol. The Balaban J connectivity index is 0.922. The molecule has 12 aromatic rings. The van der Waals surface area contributed by atoms with Crippen molar-refractivity contribution in [3.8, 4) is 67.0 Å². The highest BCUT2D eigenvalue weighted by atomic mass is 15.0. The van der Waals surface area contributed by atoms with Crippen LogP contribution in [-0.2, 0) is 0 Å². The Labute approximate surface area is 347 Å². The minimum absolute atomic E-state index is 1.16. The van der Waals surface area contributed by atoms with Crippen LogP contribution >= 0.6 is 0 Å². The summed E-state index contributed by atoms with van der Waals surface area (Å²) in [7, 11) is 0. The number of hydrogen-bond acceptors (Lipinski definition) is 0. The van der Waals surface area contributed by atoms with Crippen LogP contribution in [0.5, 0.6) is 0 Å². The van der Waals surface area contributed by atoms with Gasteiger partial charge in [0.25, 0.3) is 0 Å². The fraction of sp³-hybridized carbons (Fsp3) is 0. The van der Waals surface area contributed by atoms with E-state index in [1.807, 2.05) is 0 Å². The van der Waals surface area contributed by atoms with E-state index in [-0.39, 0.29) is 0 Å². The summed E-state index contributed by atoms with van der Waals surface area (Å²) < 4.78 is 4.84. The molecule has 0 amide bonds. The number of aromatic nitrogens is 2. The number of para-hydroxylation sites is 2. The van der Waals surface area contributed by atoms with Crippen molar-refractivity contribution in [2.45, 2.75) is 0 Å². The van der Waals surface area contributed by atoms with Gasteiger partial charge in [0.1, 0.15) is 0 Å². The number of fused-ring (bicyclic) bond motifs is 9. The van der Waals surface area contributed by atoms with E-state index < -0.39 is 0 Å². The number of benzene rings is 10. The molecule has 0 aliphatic heterocycles. The molecule has 0 bridgehead atoms. The number of nitrogens with zero attached hydrogens (tertiary/aromatic N) is 2. The lowest BCUT2D eigenvalue weighted by atomic mass is 9.94. The van der Waals surface area contributed by atoms with Gasteiger partial charge in [0.2, 0.25) is 0 Å². The van der Waals surface area contributed by atoms with Crippen LogP contribution in [0, 0.1) is 0 Å². The zero-order chi connectivity index (χ0) is 39.3. The summed E-state index contributed by atoms with van der Waals surface area (Å²) in [6.07, 6.45) is 0. The largest absolute Gasteiger partial charge is 0.309 e. The fourth-order valence-corrected chi connectivity index (χ4v) is 10.2. The lowest BCUT2D eigenvalue weighted by Crippen LogP contribution is -1.94. The predicted octanol–water partition coefficient (Wildman–Crippen LogP) is 15.7. The summed E-state index contributed by atoms with van der Waals surface area (Å²) in [5, 5.41) is 7.65. The maximum absolute atomic E-state index is 2.44. The second-order valence-corrected chi connectivity index (χ2v) is 16.1. The predicted molar refractivity (Wildman–Crippen MR) is 253 cm³/mol. The minimum Gasteiger partial charge on any atom is -0.309 e. The van der Waals surface area contributed by atoms with Crippen LogP contribution in [0.2, 0.25) is 0 Å². The maximum Gasteiger partial charge on any atom is 0.0541 e. The molecule has 0 atom stereocenters. The van der Waals surface area contributed by atoms with Crippen LogP contribution in [0.15, 0.2) is 218 Å². The van der Waals surface area contributed by atoms with Crippen LogP contribution in [-0.4, -0.2) is 9.13 Å². The van der Waals surface area contributed by atoms with E-state index in [0.29, 0.717) is 0 Å². The van der Waals surface area contributed by atoms with E-state index in [1.54, 1.807) is 0 Å². The van der Waals surface area contributed by atoms with Crippen molar-refractivity contribution in [1.29, 1.82) is 0 Å². The Hall–Kier alpha value is -7.94. The van der Waals surface area contributed by atoms with Gasteiger partial charge in [-0.15, -0.1) is 0 Å². The van der Waals surface area contributed by atoms with Crippen molar-refractivity contribution in [2.75, 3.05) is 0 Å². The fourth-order valence-electron chi connectivity index (χ4n) is 10.2. The molecule has 2 heteroatoms. The van der Waals surface area contributed by atoms with Gasteiger partial charge in [0.15, 0.2) is 0 Å². The summed E-state index contributed by atoms with van der Waals surface area (Å²) >= 11 is 0. The molecule has 13 rings (SSSR count). The average Bonchev–Trinajstić information content (AvgIpc) is 3.96. The molecule has 0 saturated heterocycles. The molecule has 0 N–H and O–H groups in total. The minimum atomic E-state index is 1.16. The number of hydrogen-bond donors (Lipinski definition) is 0. The molecule has 0 radical (unpaired) electrons. The van der Waals surface area contributed by atoms with Crippen LogP contribution in [0.3, 0.4) is 0 Å². The Morgan fingerprint density at radius 1 is 0.217 bits per heavy atom. The molecule has 0 spiro atoms. The third-order valence-corrected chi connectivity index (χ3v) is 12.9. The first kappa shape index (κ1) is 33.1. The lowest BCUT2D eigenvalue weighted by molar-refractivity contribution is 1.18. The molecule has 2 heterocycles. The Morgan fingerprint density at radius 2 is 0.683 bits per heavy atom. The highest BCUT2D eigenvalue weighted by Gasteiger charge is 2.23. The molecule has 278 valence electrons. The van der Waals surface area contributed by atoms with E-state index in [9.17, 15) is 0 Å². The van der Waals surface area contributed by atoms with Gasteiger partial charge in [-0.25, -0.2) is 0 Å². The molecule has 0 fully saturated rings. The summed E-state index contributed by atoms with van der Waals surface area (Å²) in [4.78, 5) is 0. The zero-order valence-electron chi connectivity index (χ0n) is 32.7. The van der Waals surface area contributed by atoms with Crippen molar-refractivity contribution in [3.63, 3.8) is 0 Å². The summed E-state index contributed by atoms with van der Waals surface area (Å²) in [6.45, 7) is 0. The van der Waals surface area contributed by atoms with Crippen molar-refractivity contribution in [1.82, 2.24) is 9.13 Å². The standard InChI is InChI=1S/C58H36N2/c1-2-12-37(13-3-1)38-24-28-42(29-25-38)59-54-22-8-6-18-47(54)52-35-39(26-32-56(52)59)40-27-33-57-53(36-40)48-19-7-9-23-55(48)60(57)43-15-10-14-41(34-43)44-30-31-51-46-17-5-4-16-45(46)50-21-11-20-49(44)58(50)51/h1-36H. The molecule has 0 unspecified atom stereocenters. The Bertz CT molecular complexity index is 3670.